The summed E-state index contributed by atoms with van der Waals surface area (Å²) >= 11 is 5.69. The number of hydrogen-bond acceptors (Lipinski definition) is 4. The first-order chi connectivity index (χ1) is 5.65. The Hall–Kier alpha value is -1.16. The Morgan fingerprint density at radius 1 is 1.58 bits per heavy atom. The van der Waals surface area contributed by atoms with Crippen LogP contribution >= 0.6 is 11.6 Å². The number of Topliss-reactive ketones (excluding diaryl/α,β-unsaturated/α-hetero) is 1. The lowest BCUT2D eigenvalue weighted by Gasteiger charge is -2.00. The second-order valence-electron chi connectivity index (χ2n) is 2.14. The molecular weight excluding hydrogens is 180 g/mol. The number of ether oxygens (including phenoxy) is 1. The zero-order valence-electron chi connectivity index (χ0n) is 6.67. The van der Waals surface area contributed by atoms with Crippen molar-refractivity contribution < 1.29 is 9.53 Å². The van der Waals surface area contributed by atoms with Gasteiger partial charge in [-0.05, 0) is 6.07 Å². The smallest absolute Gasteiger partial charge is 0.252 e. The van der Waals surface area contributed by atoms with Gasteiger partial charge < -0.3 is 4.74 Å². The van der Waals surface area contributed by atoms with Crippen LogP contribution < -0.4 is 4.74 Å². The van der Waals surface area contributed by atoms with Crippen LogP contribution in [0.2, 0.25) is 5.02 Å². The highest BCUT2D eigenvalue weighted by Gasteiger charge is 2.07. The Morgan fingerprint density at radius 3 is 2.67 bits per heavy atom. The Bertz CT molecular complexity index is 314. The number of rotatable bonds is 2. The summed E-state index contributed by atoms with van der Waals surface area (Å²) in [6, 6.07) is 1.43. The fourth-order valence-electron chi connectivity index (χ4n) is 0.668. The monoisotopic (exact) mass is 186 g/mol. The number of ketones is 1. The molecule has 1 heterocycles. The van der Waals surface area contributed by atoms with Gasteiger partial charge in [-0.15, -0.1) is 10.2 Å². The molecule has 0 aliphatic heterocycles. The quantitative estimate of drug-likeness (QED) is 0.654. The summed E-state index contributed by atoms with van der Waals surface area (Å²) in [5.41, 5.74) is 0.237. The highest BCUT2D eigenvalue weighted by molar-refractivity contribution is 6.32. The van der Waals surface area contributed by atoms with Gasteiger partial charge in [0.25, 0.3) is 5.88 Å². The molecule has 0 aliphatic rings. The number of halogens is 1. The van der Waals surface area contributed by atoms with Crippen LogP contribution in [0.5, 0.6) is 5.88 Å². The van der Waals surface area contributed by atoms with Crippen molar-refractivity contribution in [1.29, 1.82) is 0 Å². The molecule has 0 amide bonds. The van der Waals surface area contributed by atoms with Crippen molar-refractivity contribution in [3.05, 3.63) is 16.8 Å². The Morgan fingerprint density at radius 2 is 2.25 bits per heavy atom. The van der Waals surface area contributed by atoms with Crippen molar-refractivity contribution in [1.82, 2.24) is 10.2 Å². The lowest BCUT2D eigenvalue weighted by Crippen LogP contribution is -2.00. The SMILES string of the molecule is COc1nnc(C(C)=O)cc1Cl. The van der Waals surface area contributed by atoms with E-state index in [1.54, 1.807) is 0 Å². The van der Waals surface area contributed by atoms with Gasteiger partial charge in [-0.1, -0.05) is 11.6 Å². The Labute approximate surface area is 74.5 Å². The van der Waals surface area contributed by atoms with Crippen molar-refractivity contribution in [2.45, 2.75) is 6.92 Å². The number of carbonyl (C=O) groups is 1. The van der Waals surface area contributed by atoms with E-state index in [1.807, 2.05) is 0 Å². The maximum Gasteiger partial charge on any atom is 0.252 e. The van der Waals surface area contributed by atoms with Crippen LogP contribution in [0, 0.1) is 0 Å². The van der Waals surface area contributed by atoms with Crippen molar-refractivity contribution in [3.63, 3.8) is 0 Å². The van der Waals surface area contributed by atoms with E-state index in [0.29, 0.717) is 0 Å². The molecule has 0 N–H and O–H groups in total. The number of carbonyl (C=O) groups excluding carboxylic acids is 1. The van der Waals surface area contributed by atoms with Crippen molar-refractivity contribution in [2.75, 3.05) is 7.11 Å². The molecule has 4 nitrogen and oxygen atoms in total. The molecule has 0 unspecified atom stereocenters. The van der Waals surface area contributed by atoms with E-state index < -0.39 is 0 Å². The molecule has 0 bridgehead atoms. The molecule has 0 saturated heterocycles. The van der Waals surface area contributed by atoms with E-state index >= 15 is 0 Å². The molecule has 0 spiro atoms. The minimum absolute atomic E-state index is 0.174. The van der Waals surface area contributed by atoms with Gasteiger partial charge in [0, 0.05) is 6.92 Å². The summed E-state index contributed by atoms with van der Waals surface area (Å²) < 4.78 is 4.76. The molecule has 0 saturated carbocycles. The van der Waals surface area contributed by atoms with E-state index in [9.17, 15) is 4.79 Å². The van der Waals surface area contributed by atoms with Crippen LogP contribution in [-0.2, 0) is 0 Å². The Balaban J connectivity index is 3.10. The molecular formula is C7H7ClN2O2. The summed E-state index contributed by atoms with van der Waals surface area (Å²) in [7, 11) is 1.43. The largest absolute Gasteiger partial charge is 0.479 e. The van der Waals surface area contributed by atoms with Crippen molar-refractivity contribution >= 4 is 17.4 Å². The first kappa shape index (κ1) is 8.93. The molecule has 64 valence electrons. The molecule has 0 fully saturated rings. The van der Waals surface area contributed by atoms with Crippen LogP contribution in [0.3, 0.4) is 0 Å². The van der Waals surface area contributed by atoms with Crippen molar-refractivity contribution in [2.24, 2.45) is 0 Å². The lowest BCUT2D eigenvalue weighted by molar-refractivity contribution is 0.101. The first-order valence-corrected chi connectivity index (χ1v) is 3.61. The summed E-state index contributed by atoms with van der Waals surface area (Å²) in [4.78, 5) is 10.8. The van der Waals surface area contributed by atoms with Gasteiger partial charge in [0.05, 0.1) is 7.11 Å². The van der Waals surface area contributed by atoms with E-state index in [4.69, 9.17) is 16.3 Å². The third kappa shape index (κ3) is 1.71. The van der Waals surface area contributed by atoms with Gasteiger partial charge in [0.15, 0.2) is 5.78 Å². The fourth-order valence-corrected chi connectivity index (χ4v) is 0.886. The number of aromatic nitrogens is 2. The van der Waals surface area contributed by atoms with E-state index in [-0.39, 0.29) is 22.4 Å². The van der Waals surface area contributed by atoms with Gasteiger partial charge in [0.1, 0.15) is 10.7 Å². The maximum absolute atomic E-state index is 10.8. The summed E-state index contributed by atoms with van der Waals surface area (Å²) in [6.07, 6.45) is 0. The van der Waals surface area contributed by atoms with Crippen molar-refractivity contribution in [3.8, 4) is 5.88 Å². The molecule has 0 aromatic carbocycles. The normalized spacial score (nSPS) is 9.58. The van der Waals surface area contributed by atoms with E-state index in [0.717, 1.165) is 0 Å². The zero-order chi connectivity index (χ0) is 9.14. The standard InChI is InChI=1S/C7H7ClN2O2/c1-4(11)6-3-5(8)7(12-2)10-9-6/h3H,1-2H3. The summed E-state index contributed by atoms with van der Waals surface area (Å²) in [5.74, 6) is 0.0497. The molecule has 0 atom stereocenters. The molecule has 0 aliphatic carbocycles. The van der Waals surface area contributed by atoms with Crippen LogP contribution in [0.15, 0.2) is 6.07 Å². The minimum Gasteiger partial charge on any atom is -0.479 e. The predicted molar refractivity (Wildman–Crippen MR) is 43.6 cm³/mol. The minimum atomic E-state index is -0.174. The van der Waals surface area contributed by atoms with E-state index in [2.05, 4.69) is 10.2 Å². The molecule has 1 aromatic rings. The highest BCUT2D eigenvalue weighted by atomic mass is 35.5. The van der Waals surface area contributed by atoms with Crippen LogP contribution in [0.25, 0.3) is 0 Å². The van der Waals surface area contributed by atoms with Gasteiger partial charge in [-0.25, -0.2) is 0 Å². The summed E-state index contributed by atoms with van der Waals surface area (Å²) in [6.45, 7) is 1.40. The van der Waals surface area contributed by atoms with Gasteiger partial charge in [-0.3, -0.25) is 4.79 Å². The second-order valence-corrected chi connectivity index (χ2v) is 2.55. The average Bonchev–Trinajstić information content (AvgIpc) is 2.04. The predicted octanol–water partition coefficient (Wildman–Crippen LogP) is 1.34. The molecule has 1 aromatic heterocycles. The van der Waals surface area contributed by atoms with Crippen LogP contribution in [0.1, 0.15) is 17.4 Å². The van der Waals surface area contributed by atoms with Gasteiger partial charge in [0.2, 0.25) is 0 Å². The topological polar surface area (TPSA) is 52.1 Å². The maximum atomic E-state index is 10.8. The Kier molecular flexibility index (Phi) is 2.60. The highest BCUT2D eigenvalue weighted by Crippen LogP contribution is 2.20. The second kappa shape index (κ2) is 3.49. The van der Waals surface area contributed by atoms with Gasteiger partial charge in [-0.2, -0.15) is 0 Å². The van der Waals surface area contributed by atoms with Crippen LogP contribution in [-0.4, -0.2) is 23.1 Å². The third-order valence-electron chi connectivity index (χ3n) is 1.27. The van der Waals surface area contributed by atoms with Gasteiger partial charge >= 0.3 is 0 Å². The number of hydrogen-bond donors (Lipinski definition) is 0. The average molecular weight is 187 g/mol. The van der Waals surface area contributed by atoms with Crippen LogP contribution in [0.4, 0.5) is 0 Å². The molecule has 1 rings (SSSR count). The lowest BCUT2D eigenvalue weighted by atomic mass is 10.3. The zero-order valence-corrected chi connectivity index (χ0v) is 7.42. The fraction of sp³-hybridized carbons (Fsp3) is 0.286. The number of nitrogens with zero attached hydrogens (tertiary/aromatic N) is 2. The number of methoxy groups -OCH3 is 1. The first-order valence-electron chi connectivity index (χ1n) is 3.23. The molecule has 5 heteroatoms. The third-order valence-corrected chi connectivity index (χ3v) is 1.54. The molecule has 12 heavy (non-hydrogen) atoms. The van der Waals surface area contributed by atoms with E-state index in [1.165, 1.54) is 20.1 Å². The molecule has 0 radical (unpaired) electrons. The summed E-state index contributed by atoms with van der Waals surface area (Å²) in [5, 5.41) is 7.48.